The summed E-state index contributed by atoms with van der Waals surface area (Å²) >= 11 is 0. The number of hydrogen-bond acceptors (Lipinski definition) is 3. The molecule has 0 aromatic rings. The van der Waals surface area contributed by atoms with E-state index in [2.05, 4.69) is 0 Å². The minimum absolute atomic E-state index is 0.0152. The van der Waals surface area contributed by atoms with Gasteiger partial charge in [0.15, 0.2) is 0 Å². The minimum atomic E-state index is -4.06. The number of fused-ring (bicyclic) bond motifs is 1. The number of carbonyl (C=O) groups is 1. The SMILES string of the molecule is CC1CC(=O)[C@@]2(CS(=O)(=O)O)CCC12C. The van der Waals surface area contributed by atoms with E-state index >= 15 is 0 Å². The van der Waals surface area contributed by atoms with Crippen molar-refractivity contribution in [3.05, 3.63) is 0 Å². The van der Waals surface area contributed by atoms with Gasteiger partial charge in [-0.05, 0) is 24.2 Å². The van der Waals surface area contributed by atoms with Gasteiger partial charge in [-0.1, -0.05) is 13.8 Å². The van der Waals surface area contributed by atoms with Crippen LogP contribution >= 0.6 is 0 Å². The zero-order valence-electron chi connectivity index (χ0n) is 8.99. The molecule has 4 nitrogen and oxygen atoms in total. The van der Waals surface area contributed by atoms with E-state index in [1.165, 1.54) is 0 Å². The molecule has 0 aliphatic heterocycles. The van der Waals surface area contributed by atoms with E-state index in [9.17, 15) is 13.2 Å². The van der Waals surface area contributed by atoms with Gasteiger partial charge in [0.2, 0.25) is 0 Å². The summed E-state index contributed by atoms with van der Waals surface area (Å²) in [6.07, 6.45) is 1.94. The lowest BCUT2D eigenvalue weighted by Crippen LogP contribution is -2.54. The summed E-state index contributed by atoms with van der Waals surface area (Å²) in [5.41, 5.74) is -1.01. The second-order valence-corrected chi connectivity index (χ2v) is 6.71. The van der Waals surface area contributed by atoms with Crippen molar-refractivity contribution in [1.82, 2.24) is 0 Å². The summed E-state index contributed by atoms with van der Waals surface area (Å²) in [5, 5.41) is 0. The normalized spacial score (nSPS) is 45.0. The maximum Gasteiger partial charge on any atom is 0.265 e. The zero-order chi connectivity index (χ0) is 11.5. The number of carbonyl (C=O) groups excluding carboxylic acids is 1. The molecule has 2 fully saturated rings. The molecule has 3 atom stereocenters. The van der Waals surface area contributed by atoms with Gasteiger partial charge in [0, 0.05) is 6.42 Å². The smallest absolute Gasteiger partial charge is 0.265 e. The highest BCUT2D eigenvalue weighted by Crippen LogP contribution is 2.67. The van der Waals surface area contributed by atoms with E-state index < -0.39 is 15.5 Å². The van der Waals surface area contributed by atoms with E-state index in [4.69, 9.17) is 4.55 Å². The second-order valence-electron chi connectivity index (χ2n) is 5.25. The van der Waals surface area contributed by atoms with Crippen LogP contribution in [0, 0.1) is 16.7 Å². The third-order valence-electron chi connectivity index (χ3n) is 4.71. The Kier molecular flexibility index (Phi) is 2.09. The fraction of sp³-hybridized carbons (Fsp3) is 0.900. The van der Waals surface area contributed by atoms with E-state index in [0.29, 0.717) is 12.8 Å². The molecule has 2 aliphatic rings. The standard InChI is InChI=1S/C10H16O4S/c1-7-5-8(11)10(6-15(12,13)14)4-3-9(7,10)2/h7H,3-6H2,1-2H3,(H,12,13,14)/t7?,9?,10-/m0/s1. The van der Waals surface area contributed by atoms with Gasteiger partial charge < -0.3 is 0 Å². The molecule has 0 aromatic heterocycles. The lowest BCUT2D eigenvalue weighted by molar-refractivity contribution is -0.137. The molecule has 2 saturated carbocycles. The van der Waals surface area contributed by atoms with E-state index in [0.717, 1.165) is 6.42 Å². The number of rotatable bonds is 2. The van der Waals surface area contributed by atoms with Crippen LogP contribution in [0.3, 0.4) is 0 Å². The maximum atomic E-state index is 11.9. The Morgan fingerprint density at radius 2 is 2.07 bits per heavy atom. The lowest BCUT2D eigenvalue weighted by Gasteiger charge is -2.53. The predicted molar refractivity (Wildman–Crippen MR) is 55.0 cm³/mol. The molecule has 2 aliphatic carbocycles. The van der Waals surface area contributed by atoms with Crippen molar-refractivity contribution >= 4 is 15.9 Å². The van der Waals surface area contributed by atoms with Crippen LogP contribution < -0.4 is 0 Å². The fourth-order valence-corrected chi connectivity index (χ4v) is 4.58. The first-order valence-corrected chi connectivity index (χ1v) is 6.81. The summed E-state index contributed by atoms with van der Waals surface area (Å²) in [7, 11) is -4.06. The molecule has 5 heteroatoms. The number of ketones is 1. The van der Waals surface area contributed by atoms with Gasteiger partial charge in [-0.15, -0.1) is 0 Å². The van der Waals surface area contributed by atoms with Crippen LogP contribution in [0.25, 0.3) is 0 Å². The van der Waals surface area contributed by atoms with Gasteiger partial charge in [-0.25, -0.2) is 0 Å². The molecule has 0 saturated heterocycles. The predicted octanol–water partition coefficient (Wildman–Crippen LogP) is 1.27. The molecule has 0 bridgehead atoms. The van der Waals surface area contributed by atoms with Crippen LogP contribution in [0.4, 0.5) is 0 Å². The summed E-state index contributed by atoms with van der Waals surface area (Å²) in [6, 6.07) is 0. The first-order valence-electron chi connectivity index (χ1n) is 5.20. The van der Waals surface area contributed by atoms with Gasteiger partial charge in [0.1, 0.15) is 5.78 Å². The molecule has 2 unspecified atom stereocenters. The van der Waals surface area contributed by atoms with Crippen molar-refractivity contribution in [3.63, 3.8) is 0 Å². The zero-order valence-corrected chi connectivity index (χ0v) is 9.80. The summed E-state index contributed by atoms with van der Waals surface area (Å²) in [6.45, 7) is 3.96. The van der Waals surface area contributed by atoms with Crippen molar-refractivity contribution in [2.75, 3.05) is 5.75 Å². The Labute approximate surface area is 89.8 Å². The minimum Gasteiger partial charge on any atom is -0.299 e. The Bertz CT molecular complexity index is 413. The molecular formula is C10H16O4S. The molecule has 15 heavy (non-hydrogen) atoms. The summed E-state index contributed by atoms with van der Waals surface area (Å²) in [4.78, 5) is 11.9. The molecule has 1 N–H and O–H groups in total. The van der Waals surface area contributed by atoms with Gasteiger partial charge in [-0.2, -0.15) is 8.42 Å². The topological polar surface area (TPSA) is 71.4 Å². The molecule has 0 aromatic carbocycles. The molecule has 2 rings (SSSR count). The van der Waals surface area contributed by atoms with Gasteiger partial charge in [0.25, 0.3) is 10.1 Å². The highest BCUT2D eigenvalue weighted by molar-refractivity contribution is 7.85. The van der Waals surface area contributed by atoms with Crippen LogP contribution in [-0.4, -0.2) is 24.5 Å². The molecular weight excluding hydrogens is 216 g/mol. The third kappa shape index (κ3) is 1.29. The maximum absolute atomic E-state index is 11.9. The van der Waals surface area contributed by atoms with Crippen molar-refractivity contribution < 1.29 is 17.8 Å². The monoisotopic (exact) mass is 232 g/mol. The lowest BCUT2D eigenvalue weighted by atomic mass is 9.50. The van der Waals surface area contributed by atoms with Crippen LogP contribution in [0.2, 0.25) is 0 Å². The highest BCUT2D eigenvalue weighted by Gasteiger charge is 2.67. The van der Waals surface area contributed by atoms with E-state index in [-0.39, 0.29) is 22.9 Å². The Balaban J connectivity index is 2.39. The molecule has 0 amide bonds. The Hall–Kier alpha value is -0.420. The average Bonchev–Trinajstić information content (AvgIpc) is 2.17. The number of Topliss-reactive ketones (excluding diaryl/α,β-unsaturated/α-hetero) is 1. The largest absolute Gasteiger partial charge is 0.299 e. The van der Waals surface area contributed by atoms with Crippen LogP contribution in [0.5, 0.6) is 0 Å². The van der Waals surface area contributed by atoms with Gasteiger partial charge in [0.05, 0.1) is 11.2 Å². The Morgan fingerprint density at radius 3 is 2.40 bits per heavy atom. The van der Waals surface area contributed by atoms with Crippen LogP contribution in [0.1, 0.15) is 33.1 Å². The van der Waals surface area contributed by atoms with Crippen molar-refractivity contribution in [2.45, 2.75) is 33.1 Å². The third-order valence-corrected chi connectivity index (χ3v) is 5.56. The van der Waals surface area contributed by atoms with Crippen molar-refractivity contribution in [2.24, 2.45) is 16.7 Å². The van der Waals surface area contributed by atoms with Gasteiger partial charge >= 0.3 is 0 Å². The molecule has 0 radical (unpaired) electrons. The fourth-order valence-electron chi connectivity index (χ4n) is 3.32. The molecule has 86 valence electrons. The second kappa shape index (κ2) is 2.83. The first-order chi connectivity index (χ1) is 6.71. The van der Waals surface area contributed by atoms with E-state index in [1.54, 1.807) is 0 Å². The van der Waals surface area contributed by atoms with Crippen molar-refractivity contribution in [1.29, 1.82) is 0 Å². The number of hydrogen-bond donors (Lipinski definition) is 1. The molecule has 0 heterocycles. The highest BCUT2D eigenvalue weighted by atomic mass is 32.2. The summed E-state index contributed by atoms with van der Waals surface area (Å²) in [5.74, 6) is -0.151. The quantitative estimate of drug-likeness (QED) is 0.728. The van der Waals surface area contributed by atoms with Crippen LogP contribution in [0.15, 0.2) is 0 Å². The first kappa shape index (κ1) is 11.1. The van der Waals surface area contributed by atoms with E-state index in [1.807, 2.05) is 13.8 Å². The van der Waals surface area contributed by atoms with Crippen molar-refractivity contribution in [3.8, 4) is 0 Å². The molecule has 0 spiro atoms. The average molecular weight is 232 g/mol. The van der Waals surface area contributed by atoms with Gasteiger partial charge in [-0.3, -0.25) is 9.35 Å². The van der Waals surface area contributed by atoms with Crippen LogP contribution in [-0.2, 0) is 14.9 Å². The Morgan fingerprint density at radius 1 is 1.47 bits per heavy atom. The summed E-state index contributed by atoms with van der Waals surface area (Å²) < 4.78 is 30.9.